The number of aromatic nitrogens is 1. The maximum absolute atomic E-state index is 12.9. The molecule has 3 rings (SSSR count). The van der Waals surface area contributed by atoms with Gasteiger partial charge in [0, 0.05) is 17.6 Å². The molecule has 0 radical (unpaired) electrons. The molecule has 0 atom stereocenters. The summed E-state index contributed by atoms with van der Waals surface area (Å²) in [6.07, 6.45) is -1.45. The fraction of sp³-hybridized carbons (Fsp3) is 0.100. The van der Waals surface area contributed by atoms with Gasteiger partial charge >= 0.3 is 12.2 Å². The van der Waals surface area contributed by atoms with Crippen molar-refractivity contribution >= 4 is 17.9 Å². The number of hydrazone groups is 1. The first-order valence-electron chi connectivity index (χ1n) is 8.35. The molecule has 2 aromatic carbocycles. The Morgan fingerprint density at radius 1 is 1.07 bits per heavy atom. The van der Waals surface area contributed by atoms with Crippen LogP contribution in [0, 0.1) is 6.92 Å². The van der Waals surface area contributed by atoms with Crippen molar-refractivity contribution in [2.45, 2.75) is 13.1 Å². The van der Waals surface area contributed by atoms with Gasteiger partial charge in [0.1, 0.15) is 0 Å². The zero-order valence-corrected chi connectivity index (χ0v) is 14.9. The summed E-state index contributed by atoms with van der Waals surface area (Å²) < 4.78 is 40.3. The number of halogens is 3. The van der Waals surface area contributed by atoms with E-state index in [-0.39, 0.29) is 0 Å². The van der Waals surface area contributed by atoms with E-state index in [1.165, 1.54) is 12.3 Å². The third-order valence-corrected chi connectivity index (χ3v) is 3.99. The molecule has 0 saturated carbocycles. The van der Waals surface area contributed by atoms with Crippen LogP contribution in [0.3, 0.4) is 0 Å². The normalized spacial score (nSPS) is 11.6. The zero-order valence-electron chi connectivity index (χ0n) is 14.9. The second-order valence-electron chi connectivity index (χ2n) is 5.99. The van der Waals surface area contributed by atoms with Crippen molar-refractivity contribution in [1.29, 1.82) is 0 Å². The average molecular weight is 386 g/mol. The first-order valence-corrected chi connectivity index (χ1v) is 8.35. The van der Waals surface area contributed by atoms with Crippen molar-refractivity contribution in [2.24, 2.45) is 5.10 Å². The summed E-state index contributed by atoms with van der Waals surface area (Å²) in [6, 6.07) is 15.1. The molecule has 1 heterocycles. The summed E-state index contributed by atoms with van der Waals surface area (Å²) >= 11 is 0. The number of alkyl halides is 3. The van der Waals surface area contributed by atoms with Crippen molar-refractivity contribution in [3.8, 4) is 5.69 Å². The molecule has 3 aromatic rings. The maximum Gasteiger partial charge on any atom is 0.416 e. The number of hydrogen-bond acceptors (Lipinski definition) is 2. The first-order chi connectivity index (χ1) is 13.3. The minimum absolute atomic E-state index is 0.339. The van der Waals surface area contributed by atoms with Crippen molar-refractivity contribution in [1.82, 2.24) is 9.99 Å². The lowest BCUT2D eigenvalue weighted by atomic mass is 10.2. The zero-order chi connectivity index (χ0) is 20.1. The van der Waals surface area contributed by atoms with Gasteiger partial charge in [-0.1, -0.05) is 24.3 Å². The number of hydrogen-bond donors (Lipinski definition) is 2. The predicted molar refractivity (Wildman–Crippen MR) is 102 cm³/mol. The van der Waals surface area contributed by atoms with Gasteiger partial charge in [-0.3, -0.25) is 0 Å². The van der Waals surface area contributed by atoms with E-state index >= 15 is 0 Å². The molecular weight excluding hydrogens is 369 g/mol. The summed E-state index contributed by atoms with van der Waals surface area (Å²) in [5, 5.41) is 6.53. The number of para-hydroxylation sites is 1. The van der Waals surface area contributed by atoms with Crippen LogP contribution >= 0.6 is 0 Å². The smallest absolute Gasteiger partial charge is 0.316 e. The first kappa shape index (κ1) is 19.2. The Bertz CT molecular complexity index is 1010. The predicted octanol–water partition coefficient (Wildman–Crippen LogP) is 4.96. The molecule has 2 amide bonds. The standard InChI is InChI=1S/C20H17F3N4O/c1-14-6-2-3-10-18(14)25-19(28)26-24-13-17-9-5-11-27(17)16-8-4-7-15(12-16)20(21,22)23/h2-13H,1H3,(H2,25,26,28). The molecule has 2 N–H and O–H groups in total. The van der Waals surface area contributed by atoms with E-state index in [0.717, 1.165) is 17.7 Å². The van der Waals surface area contributed by atoms with Crippen LogP contribution in [0.5, 0.6) is 0 Å². The molecule has 0 bridgehead atoms. The molecule has 0 aliphatic rings. The molecule has 144 valence electrons. The van der Waals surface area contributed by atoms with Crippen LogP contribution in [-0.2, 0) is 6.18 Å². The van der Waals surface area contributed by atoms with E-state index < -0.39 is 17.8 Å². The fourth-order valence-electron chi connectivity index (χ4n) is 2.59. The van der Waals surface area contributed by atoms with Crippen LogP contribution < -0.4 is 10.7 Å². The third kappa shape index (κ3) is 4.59. The summed E-state index contributed by atoms with van der Waals surface area (Å²) in [5.74, 6) is 0. The Hall–Kier alpha value is -3.55. The number of anilines is 1. The topological polar surface area (TPSA) is 58.4 Å². The highest BCUT2D eigenvalue weighted by Crippen LogP contribution is 2.30. The molecule has 0 spiro atoms. The van der Waals surface area contributed by atoms with Crippen molar-refractivity contribution in [3.05, 3.63) is 83.7 Å². The van der Waals surface area contributed by atoms with Gasteiger partial charge in [-0.15, -0.1) is 0 Å². The molecule has 0 fully saturated rings. The fourth-order valence-corrected chi connectivity index (χ4v) is 2.59. The van der Waals surface area contributed by atoms with Crippen molar-refractivity contribution in [2.75, 3.05) is 5.32 Å². The van der Waals surface area contributed by atoms with Crippen LogP contribution in [-0.4, -0.2) is 16.8 Å². The van der Waals surface area contributed by atoms with E-state index in [0.29, 0.717) is 17.1 Å². The Labute approximate surface area is 159 Å². The van der Waals surface area contributed by atoms with Crippen LogP contribution in [0.2, 0.25) is 0 Å². The maximum atomic E-state index is 12.9. The van der Waals surface area contributed by atoms with E-state index in [9.17, 15) is 18.0 Å². The minimum atomic E-state index is -4.42. The number of benzene rings is 2. The van der Waals surface area contributed by atoms with Gasteiger partial charge < -0.3 is 9.88 Å². The van der Waals surface area contributed by atoms with Gasteiger partial charge in [0.25, 0.3) is 0 Å². The lowest BCUT2D eigenvalue weighted by Gasteiger charge is -2.11. The summed E-state index contributed by atoms with van der Waals surface area (Å²) in [6.45, 7) is 1.86. The number of nitrogens with one attached hydrogen (secondary N) is 2. The minimum Gasteiger partial charge on any atom is -0.316 e. The molecule has 0 saturated heterocycles. The monoisotopic (exact) mass is 386 g/mol. The molecule has 0 aliphatic carbocycles. The van der Waals surface area contributed by atoms with Gasteiger partial charge in [-0.05, 0) is 48.9 Å². The van der Waals surface area contributed by atoms with Gasteiger partial charge in [-0.25, -0.2) is 10.2 Å². The highest BCUT2D eigenvalue weighted by atomic mass is 19.4. The second kappa shape index (κ2) is 7.99. The SMILES string of the molecule is Cc1ccccc1NC(=O)NN=Cc1cccn1-c1cccc(C(F)(F)F)c1. The van der Waals surface area contributed by atoms with E-state index in [4.69, 9.17) is 0 Å². The Kier molecular flexibility index (Phi) is 5.49. The molecule has 28 heavy (non-hydrogen) atoms. The number of aryl methyl sites for hydroxylation is 1. The van der Waals surface area contributed by atoms with E-state index in [2.05, 4.69) is 15.8 Å². The van der Waals surface area contributed by atoms with Crippen LogP contribution in [0.25, 0.3) is 5.69 Å². The number of amides is 2. The third-order valence-electron chi connectivity index (χ3n) is 3.99. The van der Waals surface area contributed by atoms with E-state index in [1.807, 2.05) is 19.1 Å². The van der Waals surface area contributed by atoms with Crippen LogP contribution in [0.15, 0.2) is 72.0 Å². The average Bonchev–Trinajstić information content (AvgIpc) is 3.12. The van der Waals surface area contributed by atoms with Crippen LogP contribution in [0.4, 0.5) is 23.7 Å². The second-order valence-corrected chi connectivity index (χ2v) is 5.99. The number of urea groups is 1. The van der Waals surface area contributed by atoms with Gasteiger partial charge in [0.15, 0.2) is 0 Å². The largest absolute Gasteiger partial charge is 0.416 e. The highest BCUT2D eigenvalue weighted by Gasteiger charge is 2.30. The molecule has 0 unspecified atom stereocenters. The summed E-state index contributed by atoms with van der Waals surface area (Å²) in [4.78, 5) is 11.9. The number of nitrogens with zero attached hydrogens (tertiary/aromatic N) is 2. The van der Waals surface area contributed by atoms with Gasteiger partial charge in [0.2, 0.25) is 0 Å². The number of rotatable bonds is 4. The molecule has 5 nitrogen and oxygen atoms in total. The lowest BCUT2D eigenvalue weighted by Crippen LogP contribution is -2.24. The van der Waals surface area contributed by atoms with Gasteiger partial charge in [-0.2, -0.15) is 18.3 Å². The van der Waals surface area contributed by atoms with Crippen molar-refractivity contribution < 1.29 is 18.0 Å². The lowest BCUT2D eigenvalue weighted by molar-refractivity contribution is -0.137. The van der Waals surface area contributed by atoms with Crippen molar-refractivity contribution in [3.63, 3.8) is 0 Å². The molecular formula is C20H17F3N4O. The quantitative estimate of drug-likeness (QED) is 0.483. The number of carbonyl (C=O) groups is 1. The Balaban J connectivity index is 1.71. The van der Waals surface area contributed by atoms with E-state index in [1.54, 1.807) is 41.1 Å². The van der Waals surface area contributed by atoms with Crippen LogP contribution in [0.1, 0.15) is 16.8 Å². The van der Waals surface area contributed by atoms with Gasteiger partial charge in [0.05, 0.1) is 17.5 Å². The summed E-state index contributed by atoms with van der Waals surface area (Å²) in [7, 11) is 0. The molecule has 1 aromatic heterocycles. The molecule has 0 aliphatic heterocycles. The summed E-state index contributed by atoms with van der Waals surface area (Å²) in [5.41, 5.74) is 4.00. The molecule has 8 heteroatoms. The number of carbonyl (C=O) groups excluding carboxylic acids is 1. The highest BCUT2D eigenvalue weighted by molar-refractivity contribution is 5.91. The Morgan fingerprint density at radius 3 is 2.61 bits per heavy atom. The Morgan fingerprint density at radius 2 is 1.86 bits per heavy atom.